The van der Waals surface area contributed by atoms with E-state index in [1.165, 1.54) is 31.7 Å². The van der Waals surface area contributed by atoms with Crippen molar-refractivity contribution in [3.63, 3.8) is 0 Å². The van der Waals surface area contributed by atoms with Crippen LogP contribution in [0.25, 0.3) is 17.2 Å². The van der Waals surface area contributed by atoms with Gasteiger partial charge in [-0.3, -0.25) is 4.79 Å². The van der Waals surface area contributed by atoms with Gasteiger partial charge in [0, 0.05) is 18.6 Å². The third-order valence-corrected chi connectivity index (χ3v) is 8.24. The molecule has 1 atom stereocenters. The van der Waals surface area contributed by atoms with Gasteiger partial charge in [0.15, 0.2) is 11.5 Å². The summed E-state index contributed by atoms with van der Waals surface area (Å²) in [5.41, 5.74) is 8.68. The topological polar surface area (TPSA) is 131 Å². The van der Waals surface area contributed by atoms with Crippen LogP contribution in [0.5, 0.6) is 5.75 Å². The fraction of sp³-hybridized carbons (Fsp3) is 0.370. The molecule has 1 amide bonds. The molecule has 37 heavy (non-hydrogen) atoms. The summed E-state index contributed by atoms with van der Waals surface area (Å²) >= 11 is 6.14. The maximum absolute atomic E-state index is 13.2. The molecule has 3 aromatic heterocycles. The zero-order valence-electron chi connectivity index (χ0n) is 20.7. The molecule has 6 rings (SSSR count). The van der Waals surface area contributed by atoms with Gasteiger partial charge in [0.25, 0.3) is 0 Å². The first-order valence-corrected chi connectivity index (χ1v) is 12.9. The molecule has 1 aromatic carbocycles. The van der Waals surface area contributed by atoms with Crippen LogP contribution >= 0.6 is 11.6 Å². The van der Waals surface area contributed by atoms with Crippen LogP contribution in [0.1, 0.15) is 56.4 Å². The number of halogens is 1. The van der Waals surface area contributed by atoms with Crippen molar-refractivity contribution in [3.05, 3.63) is 58.6 Å². The molecule has 10 heteroatoms. The highest BCUT2D eigenvalue weighted by Crippen LogP contribution is 2.46. The molecule has 1 saturated carbocycles. The van der Waals surface area contributed by atoms with Crippen LogP contribution in [0.4, 0.5) is 11.6 Å². The van der Waals surface area contributed by atoms with Crippen molar-refractivity contribution in [2.75, 3.05) is 11.1 Å². The molecule has 1 unspecified atom stereocenters. The molecule has 0 saturated heterocycles. The largest absolute Gasteiger partial charge is 0.506 e. The Morgan fingerprint density at radius 3 is 2.76 bits per heavy atom. The molecule has 4 heterocycles. The highest BCUT2D eigenvalue weighted by atomic mass is 35.5. The van der Waals surface area contributed by atoms with Crippen molar-refractivity contribution in [1.29, 1.82) is 0 Å². The molecule has 0 bridgehead atoms. The number of imidazole rings is 1. The number of carbonyl (C=O) groups is 1. The van der Waals surface area contributed by atoms with E-state index in [2.05, 4.69) is 27.2 Å². The summed E-state index contributed by atoms with van der Waals surface area (Å²) in [6.45, 7) is 4.06. The van der Waals surface area contributed by atoms with E-state index in [4.69, 9.17) is 22.3 Å². The van der Waals surface area contributed by atoms with Crippen LogP contribution in [0, 0.1) is 11.8 Å². The van der Waals surface area contributed by atoms with Crippen molar-refractivity contribution in [2.45, 2.75) is 51.4 Å². The van der Waals surface area contributed by atoms with E-state index in [-0.39, 0.29) is 22.5 Å². The smallest absolute Gasteiger partial charge is 0.240 e. The summed E-state index contributed by atoms with van der Waals surface area (Å²) in [7, 11) is 0. The molecular formula is C27H28ClN7O2. The van der Waals surface area contributed by atoms with Crippen molar-refractivity contribution in [1.82, 2.24) is 24.3 Å². The number of amides is 1. The Kier molecular flexibility index (Phi) is 5.56. The lowest BCUT2D eigenvalue weighted by atomic mass is 9.77. The Morgan fingerprint density at radius 2 is 2.00 bits per heavy atom. The summed E-state index contributed by atoms with van der Waals surface area (Å²) in [5, 5.41) is 12.9. The first-order chi connectivity index (χ1) is 17.7. The Morgan fingerprint density at radius 1 is 1.22 bits per heavy atom. The van der Waals surface area contributed by atoms with Gasteiger partial charge in [-0.2, -0.15) is 0 Å². The minimum Gasteiger partial charge on any atom is -0.506 e. The Labute approximate surface area is 219 Å². The first-order valence-electron chi connectivity index (χ1n) is 12.6. The van der Waals surface area contributed by atoms with Crippen LogP contribution in [0.2, 0.25) is 5.02 Å². The normalized spacial score (nSPS) is 23.3. The maximum atomic E-state index is 13.2. The number of aromatic hydroxyl groups is 1. The van der Waals surface area contributed by atoms with Gasteiger partial charge < -0.3 is 20.6 Å². The van der Waals surface area contributed by atoms with E-state index in [9.17, 15) is 9.90 Å². The predicted molar refractivity (Wildman–Crippen MR) is 141 cm³/mol. The van der Waals surface area contributed by atoms with Gasteiger partial charge in [-0.15, -0.1) is 0 Å². The van der Waals surface area contributed by atoms with E-state index >= 15 is 0 Å². The Balaban J connectivity index is 1.41. The number of aromatic nitrogens is 5. The molecule has 0 radical (unpaired) electrons. The summed E-state index contributed by atoms with van der Waals surface area (Å²) in [6, 6.07) is 4.67. The third-order valence-electron chi connectivity index (χ3n) is 7.94. The van der Waals surface area contributed by atoms with Crippen molar-refractivity contribution < 1.29 is 9.90 Å². The zero-order valence-corrected chi connectivity index (χ0v) is 21.5. The van der Waals surface area contributed by atoms with Crippen LogP contribution in [-0.2, 0) is 16.6 Å². The number of nitrogen functional groups attached to an aromatic ring is 1. The number of hydrogen-bond donors (Lipinski definition) is 3. The van der Waals surface area contributed by atoms with E-state index in [0.29, 0.717) is 34.4 Å². The number of nitrogens with one attached hydrogen (secondary N) is 1. The number of hydrogen-bond acceptors (Lipinski definition) is 7. The molecule has 190 valence electrons. The number of nitrogens with zero attached hydrogens (tertiary/aromatic N) is 5. The predicted octanol–water partition coefficient (Wildman–Crippen LogP) is 4.75. The van der Waals surface area contributed by atoms with Gasteiger partial charge in [-0.1, -0.05) is 37.4 Å². The summed E-state index contributed by atoms with van der Waals surface area (Å²) in [4.78, 5) is 32.0. The molecule has 4 N–H and O–H groups in total. The number of phenols is 1. The second-order valence-electron chi connectivity index (χ2n) is 10.5. The number of anilines is 2. The minimum atomic E-state index is -1.17. The fourth-order valence-electron chi connectivity index (χ4n) is 5.66. The highest BCUT2D eigenvalue weighted by molar-refractivity contribution is 6.32. The van der Waals surface area contributed by atoms with Gasteiger partial charge in [0.2, 0.25) is 5.91 Å². The number of phenolic OH excluding ortho intramolecular Hbond substituents is 1. The van der Waals surface area contributed by atoms with Crippen LogP contribution in [-0.4, -0.2) is 35.4 Å². The SMILES string of the molecule is CC1CCC(Cc2nc(-c3nc(N)c4c(n3)NC(=O)C4(C)c3ccc(O)c(Cl)c3)cn3ccnc23)CC1. The fourth-order valence-corrected chi connectivity index (χ4v) is 5.84. The van der Waals surface area contributed by atoms with E-state index in [1.54, 1.807) is 25.3 Å². The van der Waals surface area contributed by atoms with Crippen molar-refractivity contribution in [2.24, 2.45) is 11.8 Å². The zero-order chi connectivity index (χ0) is 25.9. The lowest BCUT2D eigenvalue weighted by Gasteiger charge is -2.26. The Bertz CT molecular complexity index is 1540. The highest BCUT2D eigenvalue weighted by Gasteiger charge is 2.47. The molecule has 0 spiro atoms. The van der Waals surface area contributed by atoms with Crippen LogP contribution < -0.4 is 11.1 Å². The molecule has 9 nitrogen and oxygen atoms in total. The summed E-state index contributed by atoms with van der Waals surface area (Å²) in [6.07, 6.45) is 11.2. The molecule has 2 aliphatic rings. The maximum Gasteiger partial charge on any atom is 0.240 e. The Hall–Kier alpha value is -3.72. The monoisotopic (exact) mass is 517 g/mol. The minimum absolute atomic E-state index is 0.0632. The van der Waals surface area contributed by atoms with Gasteiger partial charge >= 0.3 is 0 Å². The number of rotatable bonds is 4. The van der Waals surface area contributed by atoms with Gasteiger partial charge in [0.1, 0.15) is 28.5 Å². The second-order valence-corrected chi connectivity index (χ2v) is 10.9. The quantitative estimate of drug-likeness (QED) is 0.355. The number of benzene rings is 1. The average Bonchev–Trinajstić information content (AvgIpc) is 3.45. The number of carbonyl (C=O) groups excluding carboxylic acids is 1. The number of fused-ring (bicyclic) bond motifs is 2. The van der Waals surface area contributed by atoms with Crippen LogP contribution in [0.3, 0.4) is 0 Å². The van der Waals surface area contributed by atoms with Gasteiger partial charge in [0.05, 0.1) is 16.3 Å². The van der Waals surface area contributed by atoms with Crippen LogP contribution in [0.15, 0.2) is 36.8 Å². The van der Waals surface area contributed by atoms with Gasteiger partial charge in [-0.05, 0) is 55.7 Å². The number of nitrogens with two attached hydrogens (primary N) is 1. The lowest BCUT2D eigenvalue weighted by Crippen LogP contribution is -2.33. The average molecular weight is 518 g/mol. The standard InChI is InChI=1S/C27H28ClN7O2/c1-14-3-5-15(6-4-14)11-18-25-30-9-10-35(25)13-19(31-18)23-32-22(29)21-24(33-23)34-26(37)27(21,2)16-7-8-20(36)17(28)12-16/h7-10,12-15,36H,3-6,11H2,1-2H3,(H3,29,32,33,34,37). The molecule has 1 aliphatic carbocycles. The molecular weight excluding hydrogens is 490 g/mol. The second kappa shape index (κ2) is 8.69. The third kappa shape index (κ3) is 3.89. The van der Waals surface area contributed by atoms with Crippen molar-refractivity contribution in [3.8, 4) is 17.3 Å². The molecule has 4 aromatic rings. The summed E-state index contributed by atoms with van der Waals surface area (Å²) in [5.74, 6) is 1.85. The first kappa shape index (κ1) is 23.7. The summed E-state index contributed by atoms with van der Waals surface area (Å²) < 4.78 is 1.94. The molecule has 1 fully saturated rings. The molecule has 1 aliphatic heterocycles. The lowest BCUT2D eigenvalue weighted by molar-refractivity contribution is -0.119. The van der Waals surface area contributed by atoms with Crippen molar-refractivity contribution >= 4 is 34.8 Å². The van der Waals surface area contributed by atoms with Gasteiger partial charge in [-0.25, -0.2) is 19.9 Å². The van der Waals surface area contributed by atoms with E-state index < -0.39 is 5.41 Å². The van der Waals surface area contributed by atoms with E-state index in [1.807, 2.05) is 16.8 Å². The van der Waals surface area contributed by atoms with E-state index in [0.717, 1.165) is 23.7 Å².